The van der Waals surface area contributed by atoms with Gasteiger partial charge >= 0.3 is 0 Å². The fourth-order valence-electron chi connectivity index (χ4n) is 2.89. The molecule has 1 N–H and O–H groups in total. The van der Waals surface area contributed by atoms with Crippen molar-refractivity contribution in [2.24, 2.45) is 5.92 Å². The van der Waals surface area contributed by atoms with Gasteiger partial charge in [0.05, 0.1) is 0 Å². The van der Waals surface area contributed by atoms with Crippen molar-refractivity contribution in [2.45, 2.75) is 38.6 Å². The monoisotopic (exact) mass is 316 g/mol. The van der Waals surface area contributed by atoms with E-state index in [0.29, 0.717) is 13.1 Å². The Kier molecular flexibility index (Phi) is 4.84. The number of nitrogens with zero attached hydrogens (tertiary/aromatic N) is 1. The van der Waals surface area contributed by atoms with Crippen molar-refractivity contribution in [2.75, 3.05) is 19.7 Å². The van der Waals surface area contributed by atoms with E-state index in [2.05, 4.69) is 5.32 Å². The number of nitrogens with one attached hydrogen (secondary N) is 1. The number of likely N-dealkylation sites (tertiary alicyclic amines) is 1. The lowest BCUT2D eigenvalue weighted by Crippen LogP contribution is -2.48. The van der Waals surface area contributed by atoms with Gasteiger partial charge in [0.25, 0.3) is 5.91 Å². The Labute approximate surface area is 137 Å². The zero-order chi connectivity index (χ0) is 16.2. The van der Waals surface area contributed by atoms with Crippen LogP contribution in [0.1, 0.15) is 31.2 Å². The summed E-state index contributed by atoms with van der Waals surface area (Å²) in [5.41, 5.74) is 1.03. The first-order valence-electron chi connectivity index (χ1n) is 8.40. The molecule has 0 spiro atoms. The molecule has 124 valence electrons. The highest BCUT2D eigenvalue weighted by molar-refractivity contribution is 5.81. The Bertz CT molecular complexity index is 575. The van der Waals surface area contributed by atoms with Crippen molar-refractivity contribution in [1.82, 2.24) is 10.2 Å². The Hall–Kier alpha value is -2.04. The number of ether oxygens (including phenoxy) is 1. The van der Waals surface area contributed by atoms with Gasteiger partial charge in [0.1, 0.15) is 5.75 Å². The Morgan fingerprint density at radius 3 is 2.52 bits per heavy atom. The minimum Gasteiger partial charge on any atom is -0.484 e. The summed E-state index contributed by atoms with van der Waals surface area (Å²) in [5, 5.41) is 3.10. The number of aryl methyl sites for hydroxylation is 1. The second kappa shape index (κ2) is 7.02. The standard InChI is InChI=1S/C18H24N2O3/c1-13-4-2-3-5-16(13)23-12-17(21)20-10-8-15(9-11-20)19-18(22)14-6-7-14/h2-5,14-15H,6-12H2,1H3,(H,19,22). The van der Waals surface area contributed by atoms with Crippen LogP contribution < -0.4 is 10.1 Å². The number of benzene rings is 1. The van der Waals surface area contributed by atoms with Gasteiger partial charge in [-0.05, 0) is 44.2 Å². The molecular formula is C18H24N2O3. The molecule has 5 heteroatoms. The predicted molar refractivity (Wildman–Crippen MR) is 87.1 cm³/mol. The van der Waals surface area contributed by atoms with E-state index in [0.717, 1.165) is 37.0 Å². The van der Waals surface area contributed by atoms with Crippen LogP contribution in [0.15, 0.2) is 24.3 Å². The molecule has 1 saturated carbocycles. The fourth-order valence-corrected chi connectivity index (χ4v) is 2.89. The number of hydrogen-bond donors (Lipinski definition) is 1. The molecule has 0 aromatic heterocycles. The molecule has 1 aliphatic carbocycles. The molecule has 1 saturated heterocycles. The molecule has 0 atom stereocenters. The third kappa shape index (κ3) is 4.24. The van der Waals surface area contributed by atoms with Crippen LogP contribution in [-0.4, -0.2) is 42.5 Å². The molecule has 2 amide bonds. The Balaban J connectivity index is 1.41. The molecule has 1 aliphatic heterocycles. The summed E-state index contributed by atoms with van der Waals surface area (Å²) in [6, 6.07) is 7.91. The van der Waals surface area contributed by atoms with Crippen molar-refractivity contribution >= 4 is 11.8 Å². The first kappa shape index (κ1) is 15.8. The average Bonchev–Trinajstić information content (AvgIpc) is 3.39. The summed E-state index contributed by atoms with van der Waals surface area (Å²) in [6.07, 6.45) is 3.71. The second-order valence-electron chi connectivity index (χ2n) is 6.49. The van der Waals surface area contributed by atoms with Crippen LogP contribution in [0, 0.1) is 12.8 Å². The van der Waals surface area contributed by atoms with Gasteiger partial charge in [0, 0.05) is 25.0 Å². The van der Waals surface area contributed by atoms with Crippen LogP contribution in [0.2, 0.25) is 0 Å². The zero-order valence-corrected chi connectivity index (χ0v) is 13.6. The summed E-state index contributed by atoms with van der Waals surface area (Å²) >= 11 is 0. The number of amides is 2. The first-order chi connectivity index (χ1) is 11.1. The molecule has 23 heavy (non-hydrogen) atoms. The van der Waals surface area contributed by atoms with Gasteiger partial charge in [-0.2, -0.15) is 0 Å². The molecular weight excluding hydrogens is 292 g/mol. The molecule has 2 fully saturated rings. The normalized spacial score (nSPS) is 18.6. The SMILES string of the molecule is Cc1ccccc1OCC(=O)N1CCC(NC(=O)C2CC2)CC1. The number of carbonyl (C=O) groups excluding carboxylic acids is 2. The zero-order valence-electron chi connectivity index (χ0n) is 13.6. The molecule has 2 aliphatic rings. The number of rotatable bonds is 5. The summed E-state index contributed by atoms with van der Waals surface area (Å²) < 4.78 is 5.62. The van der Waals surface area contributed by atoms with E-state index < -0.39 is 0 Å². The van der Waals surface area contributed by atoms with Gasteiger partial charge in [0.2, 0.25) is 5.91 Å². The summed E-state index contributed by atoms with van der Waals surface area (Å²) in [6.45, 7) is 3.41. The van der Waals surface area contributed by atoms with E-state index in [-0.39, 0.29) is 30.4 Å². The van der Waals surface area contributed by atoms with E-state index >= 15 is 0 Å². The van der Waals surface area contributed by atoms with Crippen molar-refractivity contribution in [3.8, 4) is 5.75 Å². The molecule has 0 radical (unpaired) electrons. The maximum Gasteiger partial charge on any atom is 0.260 e. The van der Waals surface area contributed by atoms with E-state index in [9.17, 15) is 9.59 Å². The van der Waals surface area contributed by atoms with Crippen LogP contribution in [0.5, 0.6) is 5.75 Å². The maximum atomic E-state index is 12.2. The molecule has 1 aromatic carbocycles. The van der Waals surface area contributed by atoms with Gasteiger partial charge in [-0.1, -0.05) is 18.2 Å². The second-order valence-corrected chi connectivity index (χ2v) is 6.49. The van der Waals surface area contributed by atoms with Crippen molar-refractivity contribution < 1.29 is 14.3 Å². The molecule has 3 rings (SSSR count). The van der Waals surface area contributed by atoms with Gasteiger partial charge in [-0.3, -0.25) is 9.59 Å². The highest BCUT2D eigenvalue weighted by Crippen LogP contribution is 2.29. The van der Waals surface area contributed by atoms with Gasteiger partial charge in [-0.15, -0.1) is 0 Å². The van der Waals surface area contributed by atoms with Crippen LogP contribution >= 0.6 is 0 Å². The fraction of sp³-hybridized carbons (Fsp3) is 0.556. The van der Waals surface area contributed by atoms with Crippen molar-refractivity contribution in [3.05, 3.63) is 29.8 Å². The summed E-state index contributed by atoms with van der Waals surface area (Å²) in [5.74, 6) is 1.21. The Morgan fingerprint density at radius 2 is 1.87 bits per heavy atom. The highest BCUT2D eigenvalue weighted by Gasteiger charge is 2.32. The molecule has 0 unspecified atom stereocenters. The Morgan fingerprint density at radius 1 is 1.17 bits per heavy atom. The lowest BCUT2D eigenvalue weighted by Gasteiger charge is -2.32. The third-order valence-electron chi connectivity index (χ3n) is 4.59. The lowest BCUT2D eigenvalue weighted by atomic mass is 10.0. The van der Waals surface area contributed by atoms with Gasteiger partial charge in [0.15, 0.2) is 6.61 Å². The van der Waals surface area contributed by atoms with Crippen LogP contribution in [-0.2, 0) is 9.59 Å². The van der Waals surface area contributed by atoms with Crippen molar-refractivity contribution in [1.29, 1.82) is 0 Å². The van der Waals surface area contributed by atoms with Crippen LogP contribution in [0.3, 0.4) is 0 Å². The highest BCUT2D eigenvalue weighted by atomic mass is 16.5. The molecule has 5 nitrogen and oxygen atoms in total. The van der Waals surface area contributed by atoms with E-state index in [4.69, 9.17) is 4.74 Å². The predicted octanol–water partition coefficient (Wildman–Crippen LogP) is 1.89. The third-order valence-corrected chi connectivity index (χ3v) is 4.59. The smallest absolute Gasteiger partial charge is 0.260 e. The number of para-hydroxylation sites is 1. The molecule has 1 heterocycles. The summed E-state index contributed by atoms with van der Waals surface area (Å²) in [7, 11) is 0. The van der Waals surface area contributed by atoms with Crippen molar-refractivity contribution in [3.63, 3.8) is 0 Å². The van der Waals surface area contributed by atoms with Gasteiger partial charge in [-0.25, -0.2) is 0 Å². The quantitative estimate of drug-likeness (QED) is 0.902. The molecule has 1 aromatic rings. The van der Waals surface area contributed by atoms with Crippen LogP contribution in [0.4, 0.5) is 0 Å². The largest absolute Gasteiger partial charge is 0.484 e. The number of piperidine rings is 1. The van der Waals surface area contributed by atoms with E-state index in [1.807, 2.05) is 36.1 Å². The van der Waals surface area contributed by atoms with E-state index in [1.54, 1.807) is 0 Å². The number of carbonyl (C=O) groups is 2. The lowest BCUT2D eigenvalue weighted by molar-refractivity contribution is -0.134. The molecule has 0 bridgehead atoms. The average molecular weight is 316 g/mol. The first-order valence-corrected chi connectivity index (χ1v) is 8.40. The maximum absolute atomic E-state index is 12.2. The minimum atomic E-state index is 0.0141. The van der Waals surface area contributed by atoms with Crippen LogP contribution in [0.25, 0.3) is 0 Å². The van der Waals surface area contributed by atoms with E-state index in [1.165, 1.54) is 0 Å². The number of hydrogen-bond acceptors (Lipinski definition) is 3. The topological polar surface area (TPSA) is 58.6 Å². The summed E-state index contributed by atoms with van der Waals surface area (Å²) in [4.78, 5) is 25.8. The van der Waals surface area contributed by atoms with Gasteiger partial charge < -0.3 is 15.0 Å². The minimum absolute atomic E-state index is 0.0141.